The zero-order valence-electron chi connectivity index (χ0n) is 11.3. The van der Waals surface area contributed by atoms with Crippen LogP contribution in [-0.4, -0.2) is 20.3 Å². The van der Waals surface area contributed by atoms with Crippen molar-refractivity contribution in [2.45, 2.75) is 43.9 Å². The summed E-state index contributed by atoms with van der Waals surface area (Å²) in [5.74, 6) is -0.435. The molecule has 1 atom stereocenters. The molecule has 19 heavy (non-hydrogen) atoms. The molecule has 0 saturated heterocycles. The van der Waals surface area contributed by atoms with Crippen LogP contribution in [0.1, 0.15) is 30.9 Å². The number of nitrogens with one attached hydrogen (secondary N) is 1. The average Bonchev–Trinajstić information content (AvgIpc) is 2.25. The van der Waals surface area contributed by atoms with E-state index in [-0.39, 0.29) is 16.8 Å². The Balaban J connectivity index is 2.95. The fourth-order valence-corrected chi connectivity index (χ4v) is 3.93. The SMILES string of the molecule is CCCC(Cl)CNS(=O)(=O)c1c(C)cc(F)cc1C. The van der Waals surface area contributed by atoms with Crippen LogP contribution >= 0.6 is 11.6 Å². The van der Waals surface area contributed by atoms with Crippen molar-refractivity contribution in [3.8, 4) is 0 Å². The van der Waals surface area contributed by atoms with Crippen LogP contribution in [0, 0.1) is 19.7 Å². The smallest absolute Gasteiger partial charge is 0.210 e. The predicted molar refractivity (Wildman–Crippen MR) is 75.6 cm³/mol. The first-order valence-corrected chi connectivity index (χ1v) is 8.10. The summed E-state index contributed by atoms with van der Waals surface area (Å²) in [6.45, 7) is 5.32. The number of hydrogen-bond acceptors (Lipinski definition) is 2. The highest BCUT2D eigenvalue weighted by molar-refractivity contribution is 7.89. The van der Waals surface area contributed by atoms with Gasteiger partial charge in [0.15, 0.2) is 0 Å². The lowest BCUT2D eigenvalue weighted by Gasteiger charge is -2.14. The number of halogens is 2. The van der Waals surface area contributed by atoms with Crippen molar-refractivity contribution in [3.05, 3.63) is 29.1 Å². The first-order chi connectivity index (χ1) is 8.77. The lowest BCUT2D eigenvalue weighted by atomic mass is 10.1. The third kappa shape index (κ3) is 4.44. The second kappa shape index (κ2) is 6.68. The van der Waals surface area contributed by atoms with Crippen molar-refractivity contribution in [1.29, 1.82) is 0 Å². The average molecular weight is 308 g/mol. The van der Waals surface area contributed by atoms with Gasteiger partial charge in [-0.1, -0.05) is 13.3 Å². The van der Waals surface area contributed by atoms with Gasteiger partial charge in [-0.05, 0) is 43.5 Å². The van der Waals surface area contributed by atoms with Crippen LogP contribution in [0.15, 0.2) is 17.0 Å². The Morgan fingerprint density at radius 2 is 1.84 bits per heavy atom. The molecule has 0 fully saturated rings. The minimum absolute atomic E-state index is 0.134. The Labute approximate surface area is 119 Å². The first kappa shape index (κ1) is 16.4. The number of aryl methyl sites for hydroxylation is 2. The summed E-state index contributed by atoms with van der Waals surface area (Å²) in [5.41, 5.74) is 0.790. The Kier molecular flexibility index (Phi) is 5.77. The highest BCUT2D eigenvalue weighted by Crippen LogP contribution is 2.21. The van der Waals surface area contributed by atoms with Crippen molar-refractivity contribution in [1.82, 2.24) is 4.72 Å². The molecule has 0 radical (unpaired) electrons. The summed E-state index contributed by atoms with van der Waals surface area (Å²) in [5, 5.41) is -0.235. The minimum atomic E-state index is -3.65. The quantitative estimate of drug-likeness (QED) is 0.821. The molecule has 0 amide bonds. The molecule has 0 bridgehead atoms. The van der Waals surface area contributed by atoms with E-state index in [2.05, 4.69) is 4.72 Å². The van der Waals surface area contributed by atoms with Crippen LogP contribution in [-0.2, 0) is 10.0 Å². The van der Waals surface area contributed by atoms with E-state index in [1.807, 2.05) is 6.92 Å². The largest absolute Gasteiger partial charge is 0.241 e. The van der Waals surface area contributed by atoms with E-state index >= 15 is 0 Å². The van der Waals surface area contributed by atoms with Gasteiger partial charge in [-0.3, -0.25) is 0 Å². The monoisotopic (exact) mass is 307 g/mol. The molecule has 0 aromatic heterocycles. The van der Waals surface area contributed by atoms with Crippen LogP contribution in [0.25, 0.3) is 0 Å². The molecule has 0 aliphatic rings. The van der Waals surface area contributed by atoms with Gasteiger partial charge in [0.25, 0.3) is 0 Å². The lowest BCUT2D eigenvalue weighted by molar-refractivity contribution is 0.574. The van der Waals surface area contributed by atoms with Gasteiger partial charge in [-0.25, -0.2) is 17.5 Å². The van der Waals surface area contributed by atoms with Crippen molar-refractivity contribution >= 4 is 21.6 Å². The van der Waals surface area contributed by atoms with Crippen molar-refractivity contribution in [2.24, 2.45) is 0 Å². The fourth-order valence-electron chi connectivity index (χ4n) is 2.01. The van der Waals surface area contributed by atoms with Gasteiger partial charge in [-0.15, -0.1) is 11.6 Å². The van der Waals surface area contributed by atoms with Crippen molar-refractivity contribution in [3.63, 3.8) is 0 Å². The fraction of sp³-hybridized carbons (Fsp3) is 0.538. The molecule has 1 unspecified atom stereocenters. The van der Waals surface area contributed by atoms with Crippen molar-refractivity contribution < 1.29 is 12.8 Å². The van der Waals surface area contributed by atoms with Crippen LogP contribution in [0.4, 0.5) is 4.39 Å². The van der Waals surface area contributed by atoms with Gasteiger partial charge in [0, 0.05) is 11.9 Å². The molecule has 3 nitrogen and oxygen atoms in total. The molecular formula is C13H19ClFNO2S. The summed E-state index contributed by atoms with van der Waals surface area (Å²) in [7, 11) is -3.65. The van der Waals surface area contributed by atoms with E-state index in [0.29, 0.717) is 11.1 Å². The molecule has 1 rings (SSSR count). The number of alkyl halides is 1. The van der Waals surface area contributed by atoms with Crippen LogP contribution in [0.2, 0.25) is 0 Å². The van der Waals surface area contributed by atoms with Gasteiger partial charge in [0.2, 0.25) is 10.0 Å². The van der Waals surface area contributed by atoms with Gasteiger partial charge < -0.3 is 0 Å². The topological polar surface area (TPSA) is 46.2 Å². The van der Waals surface area contributed by atoms with E-state index in [4.69, 9.17) is 11.6 Å². The Morgan fingerprint density at radius 1 is 1.32 bits per heavy atom. The summed E-state index contributed by atoms with van der Waals surface area (Å²) >= 11 is 5.99. The molecular weight excluding hydrogens is 289 g/mol. The molecule has 108 valence electrons. The molecule has 0 saturated carbocycles. The van der Waals surface area contributed by atoms with Crippen LogP contribution in [0.3, 0.4) is 0 Å². The zero-order valence-corrected chi connectivity index (χ0v) is 12.9. The Hall–Kier alpha value is -0.650. The number of benzene rings is 1. The molecule has 6 heteroatoms. The summed E-state index contributed by atoms with van der Waals surface area (Å²) in [6, 6.07) is 2.43. The normalized spacial score (nSPS) is 13.5. The predicted octanol–water partition coefficient (Wildman–Crippen LogP) is 3.13. The van der Waals surface area contributed by atoms with E-state index in [1.165, 1.54) is 12.1 Å². The maximum atomic E-state index is 13.2. The molecule has 1 aromatic carbocycles. The number of sulfonamides is 1. The standard InChI is InChI=1S/C13H19ClFNO2S/c1-4-5-11(14)8-16-19(17,18)13-9(2)6-12(15)7-10(13)3/h6-7,11,16H,4-5,8H2,1-3H3. The lowest BCUT2D eigenvalue weighted by Crippen LogP contribution is -2.30. The molecule has 0 heterocycles. The van der Waals surface area contributed by atoms with Crippen molar-refractivity contribution in [2.75, 3.05) is 6.54 Å². The van der Waals surface area contributed by atoms with Gasteiger partial charge in [0.1, 0.15) is 5.82 Å². The molecule has 1 N–H and O–H groups in total. The van der Waals surface area contributed by atoms with Crippen LogP contribution in [0.5, 0.6) is 0 Å². The van der Waals surface area contributed by atoms with E-state index < -0.39 is 15.8 Å². The Bertz CT molecular complexity index is 523. The van der Waals surface area contributed by atoms with Gasteiger partial charge in [0.05, 0.1) is 4.90 Å². The third-order valence-electron chi connectivity index (χ3n) is 2.79. The molecule has 1 aromatic rings. The maximum absolute atomic E-state index is 13.2. The summed E-state index contributed by atoms with van der Waals surface area (Å²) in [6.07, 6.45) is 1.63. The second-order valence-electron chi connectivity index (χ2n) is 4.61. The molecule has 0 spiro atoms. The third-order valence-corrected chi connectivity index (χ3v) is 4.89. The highest BCUT2D eigenvalue weighted by atomic mass is 35.5. The Morgan fingerprint density at radius 3 is 2.32 bits per heavy atom. The van der Waals surface area contributed by atoms with E-state index in [0.717, 1.165) is 12.8 Å². The van der Waals surface area contributed by atoms with E-state index in [9.17, 15) is 12.8 Å². The minimum Gasteiger partial charge on any atom is -0.210 e. The highest BCUT2D eigenvalue weighted by Gasteiger charge is 2.21. The zero-order chi connectivity index (χ0) is 14.6. The van der Waals surface area contributed by atoms with Crippen LogP contribution < -0.4 is 4.72 Å². The summed E-state index contributed by atoms with van der Waals surface area (Å²) in [4.78, 5) is 0.134. The van der Waals surface area contributed by atoms with Gasteiger partial charge >= 0.3 is 0 Å². The number of hydrogen-bond donors (Lipinski definition) is 1. The molecule has 0 aliphatic heterocycles. The molecule has 0 aliphatic carbocycles. The van der Waals surface area contributed by atoms with Gasteiger partial charge in [-0.2, -0.15) is 0 Å². The first-order valence-electron chi connectivity index (χ1n) is 6.18. The van der Waals surface area contributed by atoms with E-state index in [1.54, 1.807) is 13.8 Å². The maximum Gasteiger partial charge on any atom is 0.241 e. The summed E-state index contributed by atoms with van der Waals surface area (Å²) < 4.78 is 40.1. The second-order valence-corrected chi connectivity index (χ2v) is 6.93. The number of rotatable bonds is 6.